The summed E-state index contributed by atoms with van der Waals surface area (Å²) in [5, 5.41) is 3.36. The normalized spacial score (nSPS) is 13.9. The molecule has 0 bridgehead atoms. The molecule has 1 aromatic heterocycles. The highest BCUT2D eigenvalue weighted by Gasteiger charge is 2.37. The van der Waals surface area contributed by atoms with E-state index in [2.05, 4.69) is 10.3 Å². The van der Waals surface area contributed by atoms with E-state index in [1.54, 1.807) is 6.92 Å². The Bertz CT molecular complexity index is 379. The first-order valence-electron chi connectivity index (χ1n) is 5.67. The lowest BCUT2D eigenvalue weighted by molar-refractivity contribution is -0.141. The molecule has 0 aliphatic carbocycles. The summed E-state index contributed by atoms with van der Waals surface area (Å²) in [5.74, 6) is 0. The maximum atomic E-state index is 12.8. The van der Waals surface area contributed by atoms with Crippen molar-refractivity contribution >= 4 is 11.3 Å². The fourth-order valence-electron chi connectivity index (χ4n) is 1.40. The number of rotatable bonds is 6. The second-order valence-corrected chi connectivity index (χ2v) is 5.08. The summed E-state index contributed by atoms with van der Waals surface area (Å²) < 4.78 is 43.4. The summed E-state index contributed by atoms with van der Waals surface area (Å²) in [5.41, 5.74) is -0.772. The van der Waals surface area contributed by atoms with Crippen molar-refractivity contribution < 1.29 is 17.9 Å². The molecule has 1 N–H and O–H groups in total. The third-order valence-electron chi connectivity index (χ3n) is 2.41. The molecule has 1 heterocycles. The summed E-state index contributed by atoms with van der Waals surface area (Å²) in [6.45, 7) is 4.48. The molecule has 0 aliphatic heterocycles. The average molecular weight is 282 g/mol. The highest BCUT2D eigenvalue weighted by Crippen LogP contribution is 2.34. The van der Waals surface area contributed by atoms with Gasteiger partial charge in [0, 0.05) is 20.1 Å². The zero-order chi connectivity index (χ0) is 13.8. The van der Waals surface area contributed by atoms with Gasteiger partial charge in [0.25, 0.3) is 0 Å². The van der Waals surface area contributed by atoms with Gasteiger partial charge in [-0.1, -0.05) is 6.92 Å². The molecule has 0 saturated carbocycles. The van der Waals surface area contributed by atoms with Gasteiger partial charge in [-0.3, -0.25) is 0 Å². The van der Waals surface area contributed by atoms with Crippen LogP contribution < -0.4 is 5.32 Å². The largest absolute Gasteiger partial charge is 0.434 e. The van der Waals surface area contributed by atoms with Crippen LogP contribution >= 0.6 is 11.3 Å². The van der Waals surface area contributed by atoms with Crippen LogP contribution in [-0.4, -0.2) is 24.7 Å². The number of halogens is 3. The topological polar surface area (TPSA) is 34.1 Å². The van der Waals surface area contributed by atoms with E-state index >= 15 is 0 Å². The summed E-state index contributed by atoms with van der Waals surface area (Å²) in [6.07, 6.45) is -4.13. The van der Waals surface area contributed by atoms with Crippen LogP contribution in [-0.2, 0) is 23.9 Å². The van der Waals surface area contributed by atoms with Crippen molar-refractivity contribution in [3.8, 4) is 0 Å². The van der Waals surface area contributed by atoms with Gasteiger partial charge in [0.2, 0.25) is 0 Å². The van der Waals surface area contributed by atoms with E-state index in [1.165, 1.54) is 7.11 Å². The van der Waals surface area contributed by atoms with Crippen molar-refractivity contribution in [2.75, 3.05) is 13.7 Å². The molecular formula is C11H17F3N2OS. The number of ether oxygens (including phenoxy) is 1. The molecule has 0 radical (unpaired) electrons. The lowest BCUT2D eigenvalue weighted by Gasteiger charge is -2.06. The van der Waals surface area contributed by atoms with Crippen molar-refractivity contribution in [1.82, 2.24) is 10.3 Å². The van der Waals surface area contributed by atoms with Crippen LogP contribution in [0.4, 0.5) is 13.2 Å². The van der Waals surface area contributed by atoms with Crippen molar-refractivity contribution in [3.63, 3.8) is 0 Å². The van der Waals surface area contributed by atoms with Crippen molar-refractivity contribution in [1.29, 1.82) is 0 Å². The predicted molar refractivity (Wildman–Crippen MR) is 64.7 cm³/mol. The molecule has 0 fully saturated rings. The maximum Gasteiger partial charge on any atom is 0.434 e. The zero-order valence-electron chi connectivity index (χ0n) is 10.6. The Labute approximate surface area is 108 Å². The molecule has 0 spiro atoms. The second kappa shape index (κ2) is 6.49. The van der Waals surface area contributed by atoms with Gasteiger partial charge >= 0.3 is 6.18 Å². The molecule has 0 amide bonds. The minimum absolute atomic E-state index is 0.135. The van der Waals surface area contributed by atoms with Gasteiger partial charge in [-0.15, -0.1) is 11.3 Å². The molecular weight excluding hydrogens is 265 g/mol. The summed E-state index contributed by atoms with van der Waals surface area (Å²) in [6, 6.07) is 0. The maximum absolute atomic E-state index is 12.8. The van der Waals surface area contributed by atoms with Gasteiger partial charge in [0.05, 0.1) is 16.0 Å². The molecule has 0 saturated heterocycles. The first-order valence-corrected chi connectivity index (χ1v) is 6.49. The highest BCUT2D eigenvalue weighted by molar-refractivity contribution is 7.11. The number of hydrogen-bond acceptors (Lipinski definition) is 4. The predicted octanol–water partition coefficient (Wildman–Crippen LogP) is 2.85. The van der Waals surface area contributed by atoms with E-state index in [1.807, 2.05) is 6.92 Å². The number of thiazole rings is 1. The van der Waals surface area contributed by atoms with Crippen LogP contribution in [0.1, 0.15) is 29.4 Å². The van der Waals surface area contributed by atoms with Crippen molar-refractivity contribution in [2.45, 2.75) is 39.1 Å². The van der Waals surface area contributed by atoms with Gasteiger partial charge in [-0.05, 0) is 13.5 Å². The standard InChI is InChI=1S/C11H17F3N2OS/c1-4-15-6-8-10(11(12,13)14)16-9(18-8)5-7(2)17-3/h7,15H,4-6H2,1-3H3. The van der Waals surface area contributed by atoms with E-state index in [0.29, 0.717) is 18.0 Å². The quantitative estimate of drug-likeness (QED) is 0.871. The molecule has 1 aromatic rings. The molecule has 7 heteroatoms. The number of alkyl halides is 3. The van der Waals surface area contributed by atoms with Crippen LogP contribution in [0.15, 0.2) is 0 Å². The van der Waals surface area contributed by atoms with Crippen molar-refractivity contribution in [2.24, 2.45) is 0 Å². The molecule has 3 nitrogen and oxygen atoms in total. The van der Waals surface area contributed by atoms with E-state index in [0.717, 1.165) is 11.3 Å². The van der Waals surface area contributed by atoms with Crippen LogP contribution in [0.25, 0.3) is 0 Å². The highest BCUT2D eigenvalue weighted by atomic mass is 32.1. The Morgan fingerprint density at radius 3 is 2.61 bits per heavy atom. The monoisotopic (exact) mass is 282 g/mol. The minimum Gasteiger partial charge on any atom is -0.381 e. The molecule has 1 atom stereocenters. The third-order valence-corrected chi connectivity index (χ3v) is 3.49. The fourth-order valence-corrected chi connectivity index (χ4v) is 2.57. The lowest BCUT2D eigenvalue weighted by atomic mass is 10.3. The van der Waals surface area contributed by atoms with E-state index in [9.17, 15) is 13.2 Å². The van der Waals surface area contributed by atoms with Crippen LogP contribution in [0.5, 0.6) is 0 Å². The van der Waals surface area contributed by atoms with Crippen molar-refractivity contribution in [3.05, 3.63) is 15.6 Å². The average Bonchev–Trinajstić information content (AvgIpc) is 2.69. The summed E-state index contributed by atoms with van der Waals surface area (Å²) in [4.78, 5) is 3.93. The molecule has 0 aliphatic rings. The minimum atomic E-state index is -4.39. The number of nitrogens with one attached hydrogen (secondary N) is 1. The third kappa shape index (κ3) is 4.22. The van der Waals surface area contributed by atoms with Gasteiger partial charge in [-0.25, -0.2) is 4.98 Å². The number of aromatic nitrogens is 1. The number of hydrogen-bond donors (Lipinski definition) is 1. The molecule has 18 heavy (non-hydrogen) atoms. The first kappa shape index (κ1) is 15.4. The molecule has 0 aromatic carbocycles. The second-order valence-electron chi connectivity index (χ2n) is 3.91. The van der Waals surface area contributed by atoms with Gasteiger partial charge in [0.15, 0.2) is 5.69 Å². The first-order chi connectivity index (χ1) is 8.38. The molecule has 104 valence electrons. The Kier molecular flexibility index (Phi) is 5.55. The summed E-state index contributed by atoms with van der Waals surface area (Å²) >= 11 is 1.10. The molecule has 1 unspecified atom stereocenters. The van der Waals surface area contributed by atoms with E-state index in [4.69, 9.17) is 4.74 Å². The Morgan fingerprint density at radius 2 is 2.11 bits per heavy atom. The van der Waals surface area contributed by atoms with Crippen LogP contribution in [0.3, 0.4) is 0 Å². The Balaban J connectivity index is 2.92. The fraction of sp³-hybridized carbons (Fsp3) is 0.727. The lowest BCUT2D eigenvalue weighted by Crippen LogP contribution is -2.16. The Hall–Kier alpha value is -0.660. The van der Waals surface area contributed by atoms with Gasteiger partial charge in [0.1, 0.15) is 0 Å². The SMILES string of the molecule is CCNCc1sc(CC(C)OC)nc1C(F)(F)F. The smallest absolute Gasteiger partial charge is 0.381 e. The zero-order valence-corrected chi connectivity index (χ0v) is 11.4. The van der Waals surface area contributed by atoms with Crippen LogP contribution in [0.2, 0.25) is 0 Å². The number of nitrogens with zero attached hydrogens (tertiary/aromatic N) is 1. The Morgan fingerprint density at radius 1 is 1.44 bits per heavy atom. The van der Waals surface area contributed by atoms with Gasteiger partial charge in [-0.2, -0.15) is 13.2 Å². The van der Waals surface area contributed by atoms with E-state index < -0.39 is 11.9 Å². The summed E-state index contributed by atoms with van der Waals surface area (Å²) in [7, 11) is 1.53. The van der Waals surface area contributed by atoms with E-state index in [-0.39, 0.29) is 17.5 Å². The van der Waals surface area contributed by atoms with Gasteiger partial charge < -0.3 is 10.1 Å². The van der Waals surface area contributed by atoms with Crippen LogP contribution in [0, 0.1) is 0 Å². The molecule has 1 rings (SSSR count). The number of methoxy groups -OCH3 is 1.